The van der Waals surface area contributed by atoms with Crippen LogP contribution in [0, 0.1) is 0 Å². The molecule has 19 N–H and O–H groups in total. The molecule has 1 aliphatic carbocycles. The van der Waals surface area contributed by atoms with Crippen LogP contribution in [-0.4, -0.2) is 135 Å². The lowest BCUT2D eigenvalue weighted by atomic mass is 10.1. The molecule has 3 atom stereocenters. The van der Waals surface area contributed by atoms with Crippen LogP contribution in [0.5, 0.6) is 0 Å². The van der Waals surface area contributed by atoms with Gasteiger partial charge in [-0.1, -0.05) is 0 Å². The predicted octanol–water partition coefficient (Wildman–Crippen LogP) is -4.25. The number of guanidine groups is 1. The molecule has 0 aromatic heterocycles. The fraction of sp³-hybridized carbons (Fsp3) is 0.680. The monoisotopic (exact) mass is 685 g/mol. The van der Waals surface area contributed by atoms with Gasteiger partial charge in [-0.3, -0.25) is 38.6 Å². The minimum atomic E-state index is -1.15. The molecule has 1 saturated carbocycles. The lowest BCUT2D eigenvalue weighted by Crippen LogP contribution is -2.41. The van der Waals surface area contributed by atoms with Crippen LogP contribution in [0.15, 0.2) is 4.99 Å². The van der Waals surface area contributed by atoms with E-state index in [0.717, 1.165) is 0 Å². The summed E-state index contributed by atoms with van der Waals surface area (Å²) < 4.78 is 0. The van der Waals surface area contributed by atoms with Gasteiger partial charge in [-0.05, 0) is 60.7 Å². The molecule has 22 nitrogen and oxygen atoms in total. The molecule has 0 spiro atoms. The fourth-order valence-electron chi connectivity index (χ4n) is 2.24. The zero-order valence-corrected chi connectivity index (χ0v) is 27.1. The van der Waals surface area contributed by atoms with Crippen molar-refractivity contribution in [2.24, 2.45) is 33.7 Å². The first kappa shape index (κ1) is 49.2. The van der Waals surface area contributed by atoms with Gasteiger partial charge in [-0.2, -0.15) is 0 Å². The molecule has 1 fully saturated rings. The van der Waals surface area contributed by atoms with E-state index < -0.39 is 77.3 Å². The molecule has 0 aromatic rings. The van der Waals surface area contributed by atoms with Crippen molar-refractivity contribution in [2.45, 2.75) is 81.6 Å². The van der Waals surface area contributed by atoms with Crippen LogP contribution in [0.1, 0.15) is 52.4 Å². The largest absolute Gasteiger partial charge is 0.481 e. The number of primary amides is 1. The van der Waals surface area contributed by atoms with Gasteiger partial charge < -0.3 is 75.3 Å². The number of amides is 1. The zero-order valence-electron chi connectivity index (χ0n) is 27.1. The van der Waals surface area contributed by atoms with Gasteiger partial charge in [0.05, 0.1) is 12.8 Å². The summed E-state index contributed by atoms with van der Waals surface area (Å²) in [6.07, 6.45) is 1.88. The molecule has 0 unspecified atom stereocenters. The van der Waals surface area contributed by atoms with Crippen LogP contribution in [-0.2, 0) is 33.6 Å². The first-order chi connectivity index (χ1) is 21.3. The molecular formula is C25H51N9O13. The quantitative estimate of drug-likeness (QED) is 0.0415. The molecule has 47 heavy (non-hydrogen) atoms. The van der Waals surface area contributed by atoms with Crippen molar-refractivity contribution in [3.63, 3.8) is 0 Å². The summed E-state index contributed by atoms with van der Waals surface area (Å²) in [6, 6.07) is -2.37. The van der Waals surface area contributed by atoms with Crippen molar-refractivity contribution in [3.05, 3.63) is 0 Å². The predicted molar refractivity (Wildman–Crippen MR) is 167 cm³/mol. The highest BCUT2D eigenvalue weighted by Gasteiger charge is 2.46. The number of nitrogens with two attached hydrogens (primary N) is 5. The Hall–Kier alpha value is -4.64. The maximum Gasteiger partial charge on any atom is 0.323 e. The number of nitrogens with zero attached hydrogens (tertiary/aromatic N) is 1. The van der Waals surface area contributed by atoms with Gasteiger partial charge >= 0.3 is 35.8 Å². The molecule has 0 aliphatic heterocycles. The van der Waals surface area contributed by atoms with Crippen molar-refractivity contribution in [2.75, 3.05) is 27.7 Å². The molecule has 1 aliphatic rings. The summed E-state index contributed by atoms with van der Waals surface area (Å²) in [5.74, 6) is -6.63. The maximum atomic E-state index is 10.5. The molecule has 22 heteroatoms. The summed E-state index contributed by atoms with van der Waals surface area (Å²) in [5, 5.41) is 57.2. The number of carbonyl (C=O) groups is 7. The molecule has 0 aromatic carbocycles. The van der Waals surface area contributed by atoms with Crippen LogP contribution in [0.4, 0.5) is 0 Å². The smallest absolute Gasteiger partial charge is 0.323 e. The Morgan fingerprint density at radius 3 is 1.26 bits per heavy atom. The van der Waals surface area contributed by atoms with E-state index in [1.165, 1.54) is 27.9 Å². The lowest BCUT2D eigenvalue weighted by Gasteiger charge is -2.09. The van der Waals surface area contributed by atoms with Crippen molar-refractivity contribution in [1.82, 2.24) is 16.0 Å². The third-order valence-electron chi connectivity index (χ3n) is 5.43. The van der Waals surface area contributed by atoms with Crippen LogP contribution >= 0.6 is 0 Å². The SMILES string of the molecule is CC(C)(N)C(=O)O.CN[C@@H](CC(=O)O)C(=O)O.CN[C@@H](CC(N)=O)C(=O)O.CN[C@@H](CCCN=C(N)N)C(=O)O.NC1(C(=O)O)CC1. The Kier molecular flexibility index (Phi) is 26.8. The summed E-state index contributed by atoms with van der Waals surface area (Å²) in [6.45, 7) is 3.35. The third-order valence-corrected chi connectivity index (χ3v) is 5.43. The van der Waals surface area contributed by atoms with Crippen LogP contribution in [0.3, 0.4) is 0 Å². The van der Waals surface area contributed by atoms with Gasteiger partial charge in [0.2, 0.25) is 5.91 Å². The van der Waals surface area contributed by atoms with Crippen LogP contribution in [0.25, 0.3) is 0 Å². The molecule has 0 bridgehead atoms. The second-order valence-corrected chi connectivity index (χ2v) is 10.2. The average molecular weight is 686 g/mol. The number of hydrogen-bond acceptors (Lipinski definition) is 13. The van der Waals surface area contributed by atoms with E-state index in [-0.39, 0.29) is 12.4 Å². The fourth-order valence-corrected chi connectivity index (χ4v) is 2.24. The summed E-state index contributed by atoms with van der Waals surface area (Å²) in [7, 11) is 4.48. The Bertz CT molecular complexity index is 993. The van der Waals surface area contributed by atoms with Crippen molar-refractivity contribution < 1.29 is 64.2 Å². The first-order valence-electron chi connectivity index (χ1n) is 13.6. The Morgan fingerprint density at radius 1 is 0.745 bits per heavy atom. The van der Waals surface area contributed by atoms with E-state index in [4.69, 9.17) is 59.3 Å². The van der Waals surface area contributed by atoms with Gasteiger partial charge in [0.1, 0.15) is 29.2 Å². The number of nitrogens with one attached hydrogen (secondary N) is 3. The van der Waals surface area contributed by atoms with E-state index >= 15 is 0 Å². The van der Waals surface area contributed by atoms with Crippen molar-refractivity contribution >= 4 is 47.7 Å². The van der Waals surface area contributed by atoms with Gasteiger partial charge in [-0.25, -0.2) is 0 Å². The van der Waals surface area contributed by atoms with Gasteiger partial charge in [-0.15, -0.1) is 0 Å². The average Bonchev–Trinajstić information content (AvgIpc) is 3.69. The molecule has 0 heterocycles. The van der Waals surface area contributed by atoms with E-state index in [9.17, 15) is 33.6 Å². The van der Waals surface area contributed by atoms with Gasteiger partial charge in [0.15, 0.2) is 5.96 Å². The third kappa shape index (κ3) is 31.1. The highest BCUT2D eigenvalue weighted by Crippen LogP contribution is 2.31. The summed E-state index contributed by atoms with van der Waals surface area (Å²) >= 11 is 0. The summed E-state index contributed by atoms with van der Waals surface area (Å²) in [5.41, 5.74) is 23.3. The van der Waals surface area contributed by atoms with Crippen molar-refractivity contribution in [3.8, 4) is 0 Å². The van der Waals surface area contributed by atoms with Crippen molar-refractivity contribution in [1.29, 1.82) is 0 Å². The number of carbonyl (C=O) groups excluding carboxylic acids is 1. The molecule has 0 saturated heterocycles. The van der Waals surface area contributed by atoms with E-state index in [2.05, 4.69) is 20.9 Å². The number of aliphatic imine (C=N–C) groups is 1. The normalized spacial score (nSPS) is 13.9. The highest BCUT2D eigenvalue weighted by atomic mass is 16.4. The number of carboxylic acids is 6. The number of hydrogen-bond donors (Lipinski definition) is 14. The van der Waals surface area contributed by atoms with E-state index in [1.807, 2.05) is 0 Å². The lowest BCUT2D eigenvalue weighted by molar-refractivity contribution is -0.145. The van der Waals surface area contributed by atoms with Gasteiger partial charge in [0.25, 0.3) is 0 Å². The molecule has 274 valence electrons. The number of rotatable bonds is 16. The second kappa shape index (κ2) is 25.5. The van der Waals surface area contributed by atoms with E-state index in [1.54, 1.807) is 7.05 Å². The maximum absolute atomic E-state index is 10.5. The minimum absolute atomic E-state index is 0.0383. The van der Waals surface area contributed by atoms with Crippen LogP contribution in [0.2, 0.25) is 0 Å². The number of likely N-dealkylation sites (N-methyl/N-ethyl adjacent to an activating group) is 3. The number of aliphatic carboxylic acids is 6. The molecular weight excluding hydrogens is 634 g/mol. The standard InChI is InChI=1S/C7H16N4O2.C5H10N2O3.C5H9NO4.C4H7NO2.C4H9NO2/c1-10-5(6(12)13)3-2-4-11-7(8)9;1-7-3(5(9)10)2-4(6)8;1-6-3(5(9)10)2-4(7)8;5-4(1-2-4)3(6)7;1-4(2,5)3(6)7/h5,10H,2-4H2,1H3,(H,12,13)(H4,8,9,11);3,7H,2H2,1H3,(H2,6,8)(H,9,10);3,6H,2H2,1H3,(H,7,8)(H,9,10);1-2,5H2,(H,6,7);5H2,1-2H3,(H,6,7)/t5-;2*3-;;/m000../s1. The zero-order chi connectivity index (χ0) is 38.1. The molecule has 1 amide bonds. The Labute approximate surface area is 271 Å². The van der Waals surface area contributed by atoms with Crippen LogP contribution < -0.4 is 44.6 Å². The summed E-state index contributed by atoms with van der Waals surface area (Å²) in [4.78, 5) is 74.6. The topological polar surface area (TPSA) is 419 Å². The molecule has 1 rings (SSSR count). The number of carboxylic acid groups (broad SMARTS) is 6. The van der Waals surface area contributed by atoms with Gasteiger partial charge in [0, 0.05) is 6.54 Å². The second-order valence-electron chi connectivity index (χ2n) is 10.2. The molecule has 0 radical (unpaired) electrons. The van der Waals surface area contributed by atoms with E-state index in [0.29, 0.717) is 32.2 Å². The minimum Gasteiger partial charge on any atom is -0.481 e. The first-order valence-corrected chi connectivity index (χ1v) is 13.6. The Morgan fingerprint density at radius 2 is 1.11 bits per heavy atom. The Balaban J connectivity index is -0.000000250. The highest BCUT2D eigenvalue weighted by molar-refractivity contribution is 5.83.